The third-order valence-corrected chi connectivity index (χ3v) is 6.18. The van der Waals surface area contributed by atoms with E-state index in [0.717, 1.165) is 11.8 Å². The summed E-state index contributed by atoms with van der Waals surface area (Å²) in [6, 6.07) is 13.1. The van der Waals surface area contributed by atoms with Crippen LogP contribution in [0.4, 0.5) is 0 Å². The van der Waals surface area contributed by atoms with E-state index in [9.17, 15) is 0 Å². The number of rotatable bonds is 2. The molecule has 2 saturated carbocycles. The van der Waals surface area contributed by atoms with Gasteiger partial charge in [-0.3, -0.25) is 0 Å². The van der Waals surface area contributed by atoms with Gasteiger partial charge in [-0.2, -0.15) is 0 Å². The van der Waals surface area contributed by atoms with Crippen LogP contribution in [-0.4, -0.2) is 0 Å². The lowest BCUT2D eigenvalue weighted by Crippen LogP contribution is -2.16. The van der Waals surface area contributed by atoms with Crippen LogP contribution >= 0.6 is 11.6 Å². The minimum Gasteiger partial charge on any atom is -0.117 e. The van der Waals surface area contributed by atoms with Crippen molar-refractivity contribution in [2.24, 2.45) is 17.8 Å². The molecule has 104 valence electrons. The van der Waals surface area contributed by atoms with E-state index in [4.69, 9.17) is 11.6 Å². The van der Waals surface area contributed by atoms with E-state index in [0.29, 0.717) is 5.92 Å². The Morgan fingerprint density at radius 2 is 1.90 bits per heavy atom. The molecule has 20 heavy (non-hydrogen) atoms. The topological polar surface area (TPSA) is 0 Å². The first-order chi connectivity index (χ1) is 9.74. The molecule has 0 nitrogen and oxygen atoms in total. The van der Waals surface area contributed by atoms with E-state index in [1.807, 2.05) is 0 Å². The lowest BCUT2D eigenvalue weighted by atomic mass is 9.81. The third kappa shape index (κ3) is 1.89. The van der Waals surface area contributed by atoms with E-state index in [1.54, 1.807) is 0 Å². The Morgan fingerprint density at radius 1 is 1.05 bits per heavy atom. The third-order valence-electron chi connectivity index (χ3n) is 5.63. The first kappa shape index (κ1) is 12.7. The number of aryl methyl sites for hydroxylation is 1. The highest BCUT2D eigenvalue weighted by Gasteiger charge is 2.43. The van der Waals surface area contributed by atoms with Gasteiger partial charge in [0.1, 0.15) is 0 Å². The van der Waals surface area contributed by atoms with E-state index < -0.39 is 0 Å². The molecule has 0 N–H and O–H groups in total. The van der Waals surface area contributed by atoms with Crippen molar-refractivity contribution in [2.45, 2.75) is 38.0 Å². The molecule has 4 rings (SSSR count). The fourth-order valence-electron chi connectivity index (χ4n) is 4.64. The number of fused-ring (bicyclic) bond motifs is 3. The van der Waals surface area contributed by atoms with Crippen molar-refractivity contribution in [3.63, 3.8) is 0 Å². The lowest BCUT2D eigenvalue weighted by molar-refractivity contribution is 0.324. The van der Waals surface area contributed by atoms with Crippen molar-refractivity contribution in [1.82, 2.24) is 0 Å². The predicted octanol–water partition coefficient (Wildman–Crippen LogP) is 5.86. The zero-order valence-corrected chi connectivity index (χ0v) is 12.7. The summed E-state index contributed by atoms with van der Waals surface area (Å²) in [6.45, 7) is 2.21. The molecular formula is C19H21Cl. The number of alkyl halides is 1. The molecule has 2 fully saturated rings. The van der Waals surface area contributed by atoms with Gasteiger partial charge in [-0.1, -0.05) is 42.8 Å². The molecule has 2 aromatic rings. The monoisotopic (exact) mass is 284 g/mol. The predicted molar refractivity (Wildman–Crippen MR) is 86.2 cm³/mol. The van der Waals surface area contributed by atoms with Gasteiger partial charge in [0.15, 0.2) is 0 Å². The van der Waals surface area contributed by atoms with Crippen molar-refractivity contribution in [3.8, 4) is 0 Å². The van der Waals surface area contributed by atoms with Crippen LogP contribution in [0.3, 0.4) is 0 Å². The van der Waals surface area contributed by atoms with Gasteiger partial charge in [0.25, 0.3) is 0 Å². The molecule has 2 aromatic carbocycles. The normalized spacial score (nSPS) is 30.0. The van der Waals surface area contributed by atoms with Crippen molar-refractivity contribution in [3.05, 3.63) is 47.5 Å². The first-order valence-corrected chi connectivity index (χ1v) is 8.30. The maximum absolute atomic E-state index is 6.99. The van der Waals surface area contributed by atoms with Gasteiger partial charge in [0.2, 0.25) is 0 Å². The van der Waals surface area contributed by atoms with Crippen molar-refractivity contribution in [2.75, 3.05) is 0 Å². The highest BCUT2D eigenvalue weighted by molar-refractivity contribution is 6.22. The van der Waals surface area contributed by atoms with Gasteiger partial charge >= 0.3 is 0 Å². The maximum Gasteiger partial charge on any atom is 0.0624 e. The zero-order chi connectivity index (χ0) is 13.7. The van der Waals surface area contributed by atoms with E-state index in [-0.39, 0.29) is 5.38 Å². The molecule has 2 aliphatic carbocycles. The van der Waals surface area contributed by atoms with Crippen LogP contribution in [0.25, 0.3) is 10.8 Å². The van der Waals surface area contributed by atoms with Gasteiger partial charge in [-0.05, 0) is 65.8 Å². The lowest BCUT2D eigenvalue weighted by Gasteiger charge is -2.28. The molecule has 4 unspecified atom stereocenters. The van der Waals surface area contributed by atoms with Crippen molar-refractivity contribution >= 4 is 22.4 Å². The molecule has 0 heterocycles. The summed E-state index contributed by atoms with van der Waals surface area (Å²) in [5.41, 5.74) is 2.74. The summed E-state index contributed by atoms with van der Waals surface area (Å²) in [4.78, 5) is 0. The summed E-state index contributed by atoms with van der Waals surface area (Å²) >= 11 is 6.99. The van der Waals surface area contributed by atoms with Gasteiger partial charge in [0.05, 0.1) is 5.38 Å². The summed E-state index contributed by atoms with van der Waals surface area (Å²) in [6.07, 6.45) is 5.63. The largest absolute Gasteiger partial charge is 0.117 e. The second kappa shape index (κ2) is 4.77. The molecule has 0 spiro atoms. The van der Waals surface area contributed by atoms with Gasteiger partial charge in [0, 0.05) is 0 Å². The van der Waals surface area contributed by atoms with Crippen molar-refractivity contribution in [1.29, 1.82) is 0 Å². The number of halogens is 1. The van der Waals surface area contributed by atoms with Crippen LogP contribution in [0.1, 0.15) is 42.2 Å². The van der Waals surface area contributed by atoms with Gasteiger partial charge in [-0.15, -0.1) is 11.6 Å². The smallest absolute Gasteiger partial charge is 0.0624 e. The molecular weight excluding hydrogens is 264 g/mol. The Bertz CT molecular complexity index is 645. The second-order valence-corrected chi connectivity index (χ2v) is 7.23. The van der Waals surface area contributed by atoms with Crippen LogP contribution in [-0.2, 0) is 0 Å². The first-order valence-electron chi connectivity index (χ1n) is 7.86. The number of benzene rings is 2. The Balaban J connectivity index is 1.79. The Labute approximate surface area is 126 Å². The van der Waals surface area contributed by atoms with E-state index in [2.05, 4.69) is 43.3 Å². The molecule has 0 amide bonds. The SMILES string of the molecule is Cc1ccc2ccccc2c1C(Cl)C1CC2CCC1C2. The van der Waals surface area contributed by atoms with Crippen LogP contribution in [0.2, 0.25) is 0 Å². The molecule has 1 heteroatoms. The van der Waals surface area contributed by atoms with Gasteiger partial charge < -0.3 is 0 Å². The van der Waals surface area contributed by atoms with Crippen LogP contribution in [0, 0.1) is 24.7 Å². The summed E-state index contributed by atoms with van der Waals surface area (Å²) in [7, 11) is 0. The second-order valence-electron chi connectivity index (χ2n) is 6.76. The average molecular weight is 285 g/mol. The van der Waals surface area contributed by atoms with E-state index in [1.165, 1.54) is 47.6 Å². The highest BCUT2D eigenvalue weighted by atomic mass is 35.5. The molecule has 0 aromatic heterocycles. The Kier molecular flexibility index (Phi) is 3.03. The summed E-state index contributed by atoms with van der Waals surface area (Å²) < 4.78 is 0. The average Bonchev–Trinajstić information content (AvgIpc) is 3.09. The number of hydrogen-bond acceptors (Lipinski definition) is 0. The van der Waals surface area contributed by atoms with Crippen molar-refractivity contribution < 1.29 is 0 Å². The molecule has 0 aliphatic heterocycles. The molecule has 0 saturated heterocycles. The molecule has 4 atom stereocenters. The van der Waals surface area contributed by atoms with Crippen LogP contribution in [0.15, 0.2) is 36.4 Å². The minimum atomic E-state index is 0.191. The quantitative estimate of drug-likeness (QED) is 0.606. The zero-order valence-electron chi connectivity index (χ0n) is 12.0. The fourth-order valence-corrected chi connectivity index (χ4v) is 5.24. The highest BCUT2D eigenvalue weighted by Crippen LogP contribution is 2.55. The molecule has 2 bridgehead atoms. The summed E-state index contributed by atoms with van der Waals surface area (Å²) in [5, 5.41) is 2.87. The van der Waals surface area contributed by atoms with E-state index >= 15 is 0 Å². The number of hydrogen-bond donors (Lipinski definition) is 0. The van der Waals surface area contributed by atoms with Gasteiger partial charge in [-0.25, -0.2) is 0 Å². The maximum atomic E-state index is 6.99. The standard InChI is InChI=1S/C19H21Cl/c1-12-6-8-14-4-2-3-5-16(14)18(12)19(20)17-11-13-7-9-15(17)10-13/h2-6,8,13,15,17,19H,7,9-11H2,1H3. The Hall–Kier alpha value is -1.01. The summed E-state index contributed by atoms with van der Waals surface area (Å²) in [5.74, 6) is 2.53. The fraction of sp³-hybridized carbons (Fsp3) is 0.474. The molecule has 0 radical (unpaired) electrons. The minimum absolute atomic E-state index is 0.191. The van der Waals surface area contributed by atoms with Crippen LogP contribution < -0.4 is 0 Å². The molecule has 2 aliphatic rings. The van der Waals surface area contributed by atoms with Crippen LogP contribution in [0.5, 0.6) is 0 Å². The Morgan fingerprint density at radius 3 is 2.65 bits per heavy atom.